The van der Waals surface area contributed by atoms with E-state index < -0.39 is 36.0 Å². The van der Waals surface area contributed by atoms with Crippen molar-refractivity contribution in [3.8, 4) is 0 Å². The number of hydrogen-bond donors (Lipinski definition) is 3. The molecule has 3 N–H and O–H groups in total. The standard InChI is InChI=1S/C18H22N2O5/c1-12(16(21)20-11-5-8-15(20)18(24)25)19-14(17(22)23)10-9-13-6-3-2-4-7-13/h2-4,6-7,9-10,12,14-15,19H,5,8,11H2,1H3,(H,22,23)(H,24,25)/t12-,14-,15-/m0/s1. The van der Waals surface area contributed by atoms with E-state index in [0.29, 0.717) is 19.4 Å². The third-order valence-corrected chi connectivity index (χ3v) is 4.17. The molecule has 1 aromatic rings. The van der Waals surface area contributed by atoms with Gasteiger partial charge in [-0.3, -0.25) is 14.9 Å². The van der Waals surface area contributed by atoms with Gasteiger partial charge in [-0.05, 0) is 25.3 Å². The molecule has 2 rings (SSSR count). The van der Waals surface area contributed by atoms with Gasteiger partial charge in [0.25, 0.3) is 0 Å². The van der Waals surface area contributed by atoms with Crippen LogP contribution in [-0.2, 0) is 14.4 Å². The molecule has 1 fully saturated rings. The lowest BCUT2D eigenvalue weighted by Crippen LogP contribution is -2.52. The molecule has 1 aliphatic heterocycles. The van der Waals surface area contributed by atoms with E-state index in [0.717, 1.165) is 5.56 Å². The van der Waals surface area contributed by atoms with Gasteiger partial charge < -0.3 is 15.1 Å². The van der Waals surface area contributed by atoms with Crippen LogP contribution in [0.1, 0.15) is 25.3 Å². The average Bonchev–Trinajstić information content (AvgIpc) is 3.08. The topological polar surface area (TPSA) is 107 Å². The molecule has 1 saturated heterocycles. The van der Waals surface area contributed by atoms with Crippen LogP contribution in [0.25, 0.3) is 6.08 Å². The number of rotatable bonds is 7. The Labute approximate surface area is 145 Å². The zero-order valence-corrected chi connectivity index (χ0v) is 14.0. The Kier molecular flexibility index (Phi) is 6.30. The van der Waals surface area contributed by atoms with Crippen molar-refractivity contribution >= 4 is 23.9 Å². The van der Waals surface area contributed by atoms with Gasteiger partial charge in [-0.25, -0.2) is 4.79 Å². The van der Waals surface area contributed by atoms with Crippen LogP contribution in [0.4, 0.5) is 0 Å². The second-order valence-corrected chi connectivity index (χ2v) is 6.00. The molecule has 1 aromatic carbocycles. The highest BCUT2D eigenvalue weighted by atomic mass is 16.4. The zero-order chi connectivity index (χ0) is 18.4. The highest BCUT2D eigenvalue weighted by Gasteiger charge is 2.36. The van der Waals surface area contributed by atoms with Crippen LogP contribution in [0, 0.1) is 0 Å². The maximum absolute atomic E-state index is 12.5. The van der Waals surface area contributed by atoms with Crippen molar-refractivity contribution < 1.29 is 24.6 Å². The monoisotopic (exact) mass is 346 g/mol. The van der Waals surface area contributed by atoms with Gasteiger partial charge in [0.2, 0.25) is 5.91 Å². The summed E-state index contributed by atoms with van der Waals surface area (Å²) in [4.78, 5) is 36.4. The summed E-state index contributed by atoms with van der Waals surface area (Å²) in [6.07, 6.45) is 4.19. The smallest absolute Gasteiger partial charge is 0.326 e. The number of nitrogens with zero attached hydrogens (tertiary/aromatic N) is 1. The zero-order valence-electron chi connectivity index (χ0n) is 14.0. The maximum Gasteiger partial charge on any atom is 0.326 e. The minimum absolute atomic E-state index is 0.374. The van der Waals surface area contributed by atoms with E-state index in [1.807, 2.05) is 30.3 Å². The summed E-state index contributed by atoms with van der Waals surface area (Å²) in [7, 11) is 0. The molecule has 7 nitrogen and oxygen atoms in total. The Morgan fingerprint density at radius 2 is 1.92 bits per heavy atom. The van der Waals surface area contributed by atoms with Crippen molar-refractivity contribution in [3.05, 3.63) is 42.0 Å². The molecule has 0 aromatic heterocycles. The van der Waals surface area contributed by atoms with Crippen molar-refractivity contribution in [1.29, 1.82) is 0 Å². The summed E-state index contributed by atoms with van der Waals surface area (Å²) in [5, 5.41) is 21.3. The number of carbonyl (C=O) groups excluding carboxylic acids is 1. The third kappa shape index (κ3) is 4.90. The van der Waals surface area contributed by atoms with Gasteiger partial charge in [0.05, 0.1) is 6.04 Å². The molecule has 3 atom stereocenters. The number of likely N-dealkylation sites (tertiary alicyclic amines) is 1. The molecular weight excluding hydrogens is 324 g/mol. The van der Waals surface area contributed by atoms with E-state index in [9.17, 15) is 24.6 Å². The van der Waals surface area contributed by atoms with E-state index in [2.05, 4.69) is 5.32 Å². The minimum Gasteiger partial charge on any atom is -0.480 e. The molecule has 0 bridgehead atoms. The molecule has 0 aliphatic carbocycles. The van der Waals surface area contributed by atoms with Crippen LogP contribution in [0.3, 0.4) is 0 Å². The molecule has 25 heavy (non-hydrogen) atoms. The summed E-state index contributed by atoms with van der Waals surface area (Å²) >= 11 is 0. The second kappa shape index (κ2) is 8.43. The van der Waals surface area contributed by atoms with Crippen LogP contribution in [0.15, 0.2) is 36.4 Å². The first-order valence-electron chi connectivity index (χ1n) is 8.15. The van der Waals surface area contributed by atoms with Crippen molar-refractivity contribution in [1.82, 2.24) is 10.2 Å². The largest absolute Gasteiger partial charge is 0.480 e. The van der Waals surface area contributed by atoms with Crippen molar-refractivity contribution in [2.75, 3.05) is 6.54 Å². The normalized spacial score (nSPS) is 19.7. The lowest BCUT2D eigenvalue weighted by atomic mass is 10.1. The second-order valence-electron chi connectivity index (χ2n) is 6.00. The maximum atomic E-state index is 12.5. The fraction of sp³-hybridized carbons (Fsp3) is 0.389. The quantitative estimate of drug-likeness (QED) is 0.685. The van der Waals surface area contributed by atoms with Gasteiger partial charge in [0.15, 0.2) is 0 Å². The van der Waals surface area contributed by atoms with Crippen molar-refractivity contribution in [2.45, 2.75) is 37.9 Å². The molecule has 1 aliphatic rings. The molecular formula is C18H22N2O5. The fourth-order valence-corrected chi connectivity index (χ4v) is 2.86. The Bertz CT molecular complexity index is 659. The first kappa shape index (κ1) is 18.7. The summed E-state index contributed by atoms with van der Waals surface area (Å²) in [6.45, 7) is 1.92. The third-order valence-electron chi connectivity index (χ3n) is 4.17. The van der Waals surface area contributed by atoms with Crippen LogP contribution < -0.4 is 5.32 Å². The molecule has 1 amide bonds. The number of aliphatic carboxylic acids is 2. The highest BCUT2D eigenvalue weighted by Crippen LogP contribution is 2.18. The first-order valence-corrected chi connectivity index (χ1v) is 8.15. The van der Waals surface area contributed by atoms with Crippen LogP contribution in [-0.4, -0.2) is 57.6 Å². The summed E-state index contributed by atoms with van der Waals surface area (Å²) < 4.78 is 0. The number of carbonyl (C=O) groups is 3. The number of carboxylic acids is 2. The molecule has 0 unspecified atom stereocenters. The van der Waals surface area contributed by atoms with Crippen LogP contribution >= 0.6 is 0 Å². The lowest BCUT2D eigenvalue weighted by Gasteiger charge is -2.26. The van der Waals surface area contributed by atoms with E-state index >= 15 is 0 Å². The van der Waals surface area contributed by atoms with Crippen LogP contribution in [0.5, 0.6) is 0 Å². The molecule has 134 valence electrons. The Morgan fingerprint density at radius 3 is 2.52 bits per heavy atom. The molecule has 0 radical (unpaired) electrons. The molecule has 7 heteroatoms. The highest BCUT2D eigenvalue weighted by molar-refractivity contribution is 5.88. The number of hydrogen-bond acceptors (Lipinski definition) is 4. The Morgan fingerprint density at radius 1 is 1.24 bits per heavy atom. The Balaban J connectivity index is 2.03. The van der Waals surface area contributed by atoms with Gasteiger partial charge in [-0.1, -0.05) is 42.5 Å². The SMILES string of the molecule is C[C@H](N[C@@H](C=Cc1ccccc1)C(=O)O)C(=O)N1CCC[C@H]1C(=O)O. The van der Waals surface area contributed by atoms with E-state index in [4.69, 9.17) is 0 Å². The van der Waals surface area contributed by atoms with Gasteiger partial charge in [-0.2, -0.15) is 0 Å². The minimum atomic E-state index is -1.11. The first-order chi connectivity index (χ1) is 11.9. The number of carboxylic acid groups (broad SMARTS) is 2. The summed E-state index contributed by atoms with van der Waals surface area (Å²) in [5.41, 5.74) is 0.847. The summed E-state index contributed by atoms with van der Waals surface area (Å²) in [6, 6.07) is 6.53. The predicted octanol–water partition coefficient (Wildman–Crippen LogP) is 1.21. The lowest BCUT2D eigenvalue weighted by molar-refractivity contribution is -0.149. The van der Waals surface area contributed by atoms with Gasteiger partial charge in [-0.15, -0.1) is 0 Å². The van der Waals surface area contributed by atoms with Crippen LogP contribution in [0.2, 0.25) is 0 Å². The van der Waals surface area contributed by atoms with E-state index in [1.54, 1.807) is 13.0 Å². The summed E-state index contributed by atoms with van der Waals surface area (Å²) in [5.74, 6) is -2.54. The number of nitrogens with one attached hydrogen (secondary N) is 1. The van der Waals surface area contributed by atoms with Crippen molar-refractivity contribution in [3.63, 3.8) is 0 Å². The Hall–Kier alpha value is -2.67. The molecule has 0 saturated carbocycles. The van der Waals surface area contributed by atoms with Gasteiger partial charge >= 0.3 is 11.9 Å². The van der Waals surface area contributed by atoms with E-state index in [-0.39, 0.29) is 0 Å². The molecule has 1 heterocycles. The average molecular weight is 346 g/mol. The van der Waals surface area contributed by atoms with Crippen molar-refractivity contribution in [2.24, 2.45) is 0 Å². The van der Waals surface area contributed by atoms with E-state index in [1.165, 1.54) is 11.0 Å². The fourth-order valence-electron chi connectivity index (χ4n) is 2.86. The van der Waals surface area contributed by atoms with Gasteiger partial charge in [0.1, 0.15) is 12.1 Å². The number of amides is 1. The van der Waals surface area contributed by atoms with Gasteiger partial charge in [0, 0.05) is 6.54 Å². The molecule has 0 spiro atoms. The predicted molar refractivity (Wildman–Crippen MR) is 91.9 cm³/mol. The number of benzene rings is 1.